The van der Waals surface area contributed by atoms with E-state index in [1.807, 2.05) is 31.2 Å². The Hall–Kier alpha value is -3.12. The molecule has 0 radical (unpaired) electrons. The maximum atomic E-state index is 13.9. The van der Waals surface area contributed by atoms with Crippen LogP contribution in [0.5, 0.6) is 0 Å². The zero-order valence-electron chi connectivity index (χ0n) is 18.5. The first kappa shape index (κ1) is 23.1. The van der Waals surface area contributed by atoms with Gasteiger partial charge in [0, 0.05) is 17.4 Å². The van der Waals surface area contributed by atoms with Crippen LogP contribution in [0.4, 0.5) is 4.39 Å². The fourth-order valence-corrected chi connectivity index (χ4v) is 5.46. The van der Waals surface area contributed by atoms with E-state index in [0.29, 0.717) is 16.9 Å². The van der Waals surface area contributed by atoms with Crippen molar-refractivity contribution < 1.29 is 14.0 Å². The fourth-order valence-electron chi connectivity index (χ4n) is 4.04. The molecule has 33 heavy (non-hydrogen) atoms. The number of thioether (sulfide) groups is 1. The standard InChI is InChI=1S/C27H27FN2O2S/c1-19(15-16-20-9-4-2-5-10-20)29-25(31)24-18-33-27(22-13-8-14-23(28)17-22)30(24)26(32)21-11-6-3-7-12-21/h2-14,17,19,24,27H,15-16,18H2,1H3,(H,29,31). The second-order valence-corrected chi connectivity index (χ2v) is 9.38. The molecule has 0 aliphatic carbocycles. The topological polar surface area (TPSA) is 49.4 Å². The summed E-state index contributed by atoms with van der Waals surface area (Å²) in [6.07, 6.45) is 1.66. The molecule has 3 atom stereocenters. The van der Waals surface area contributed by atoms with Gasteiger partial charge < -0.3 is 10.2 Å². The lowest BCUT2D eigenvalue weighted by Crippen LogP contribution is -2.50. The molecule has 1 heterocycles. The maximum Gasteiger partial charge on any atom is 0.255 e. The summed E-state index contributed by atoms with van der Waals surface area (Å²) in [4.78, 5) is 28.3. The maximum absolute atomic E-state index is 13.9. The Morgan fingerprint density at radius 1 is 1.03 bits per heavy atom. The van der Waals surface area contributed by atoms with Crippen molar-refractivity contribution in [2.24, 2.45) is 0 Å². The number of nitrogens with zero attached hydrogens (tertiary/aromatic N) is 1. The van der Waals surface area contributed by atoms with Gasteiger partial charge in [0.05, 0.1) is 0 Å². The van der Waals surface area contributed by atoms with Crippen LogP contribution >= 0.6 is 11.8 Å². The Bertz CT molecular complexity index is 1090. The van der Waals surface area contributed by atoms with E-state index < -0.39 is 11.4 Å². The average Bonchev–Trinajstić information content (AvgIpc) is 3.29. The second kappa shape index (κ2) is 10.7. The number of benzene rings is 3. The van der Waals surface area contributed by atoms with Gasteiger partial charge in [0.15, 0.2) is 0 Å². The first-order valence-electron chi connectivity index (χ1n) is 11.1. The van der Waals surface area contributed by atoms with Gasteiger partial charge >= 0.3 is 0 Å². The lowest BCUT2D eigenvalue weighted by molar-refractivity contribution is -0.125. The Morgan fingerprint density at radius 2 is 1.73 bits per heavy atom. The molecule has 1 N–H and O–H groups in total. The summed E-state index contributed by atoms with van der Waals surface area (Å²) in [5, 5.41) is 2.66. The van der Waals surface area contributed by atoms with Gasteiger partial charge in [-0.3, -0.25) is 9.59 Å². The first-order valence-corrected chi connectivity index (χ1v) is 12.2. The zero-order valence-corrected chi connectivity index (χ0v) is 19.3. The normalized spacial score (nSPS) is 18.7. The highest BCUT2D eigenvalue weighted by Gasteiger charge is 2.42. The molecule has 1 saturated heterocycles. The van der Waals surface area contributed by atoms with Gasteiger partial charge in [-0.2, -0.15) is 0 Å². The van der Waals surface area contributed by atoms with Gasteiger partial charge in [-0.15, -0.1) is 11.8 Å². The van der Waals surface area contributed by atoms with Crippen LogP contribution in [0.25, 0.3) is 0 Å². The number of carbonyl (C=O) groups is 2. The van der Waals surface area contributed by atoms with Crippen molar-refractivity contribution in [3.8, 4) is 0 Å². The Balaban J connectivity index is 1.51. The molecular weight excluding hydrogens is 435 g/mol. The van der Waals surface area contributed by atoms with E-state index in [0.717, 1.165) is 12.8 Å². The highest BCUT2D eigenvalue weighted by molar-refractivity contribution is 7.99. The highest BCUT2D eigenvalue weighted by atomic mass is 32.2. The molecule has 3 unspecified atom stereocenters. The third kappa shape index (κ3) is 5.63. The van der Waals surface area contributed by atoms with Gasteiger partial charge in [0.2, 0.25) is 5.91 Å². The van der Waals surface area contributed by atoms with E-state index in [9.17, 15) is 14.0 Å². The van der Waals surface area contributed by atoms with Crippen molar-refractivity contribution in [3.05, 3.63) is 107 Å². The number of hydrogen-bond donors (Lipinski definition) is 1. The van der Waals surface area contributed by atoms with Gasteiger partial charge in [0.25, 0.3) is 5.91 Å². The van der Waals surface area contributed by atoms with Crippen LogP contribution in [0.1, 0.15) is 40.2 Å². The Labute approximate surface area is 198 Å². The lowest BCUT2D eigenvalue weighted by atomic mass is 10.1. The van der Waals surface area contributed by atoms with Crippen molar-refractivity contribution in [3.63, 3.8) is 0 Å². The quantitative estimate of drug-likeness (QED) is 0.524. The molecule has 4 nitrogen and oxygen atoms in total. The first-order chi connectivity index (χ1) is 16.0. The number of carbonyl (C=O) groups excluding carboxylic acids is 2. The van der Waals surface area contributed by atoms with Crippen LogP contribution < -0.4 is 5.32 Å². The fraction of sp³-hybridized carbons (Fsp3) is 0.259. The summed E-state index contributed by atoms with van der Waals surface area (Å²) in [5.74, 6) is -0.308. The highest BCUT2D eigenvalue weighted by Crippen LogP contribution is 2.42. The summed E-state index contributed by atoms with van der Waals surface area (Å²) in [5.41, 5.74) is 2.41. The lowest BCUT2D eigenvalue weighted by Gasteiger charge is -2.30. The van der Waals surface area contributed by atoms with Crippen LogP contribution in [-0.4, -0.2) is 34.6 Å². The molecule has 0 bridgehead atoms. The van der Waals surface area contributed by atoms with Crippen LogP contribution in [-0.2, 0) is 11.2 Å². The predicted molar refractivity (Wildman–Crippen MR) is 130 cm³/mol. The molecule has 0 saturated carbocycles. The van der Waals surface area contributed by atoms with E-state index in [-0.39, 0.29) is 23.7 Å². The van der Waals surface area contributed by atoms with Crippen LogP contribution in [0.15, 0.2) is 84.9 Å². The van der Waals surface area contributed by atoms with Gasteiger partial charge in [-0.05, 0) is 55.2 Å². The van der Waals surface area contributed by atoms with Gasteiger partial charge in [-0.1, -0.05) is 60.7 Å². The molecule has 1 fully saturated rings. The molecule has 4 rings (SSSR count). The summed E-state index contributed by atoms with van der Waals surface area (Å²) >= 11 is 1.49. The monoisotopic (exact) mass is 462 g/mol. The van der Waals surface area contributed by atoms with E-state index in [1.165, 1.54) is 29.5 Å². The van der Waals surface area contributed by atoms with E-state index in [2.05, 4.69) is 17.4 Å². The third-order valence-corrected chi connectivity index (χ3v) is 7.11. The summed E-state index contributed by atoms with van der Waals surface area (Å²) < 4.78 is 13.9. The summed E-state index contributed by atoms with van der Waals surface area (Å²) in [6.45, 7) is 1.98. The van der Waals surface area contributed by atoms with E-state index in [4.69, 9.17) is 0 Å². The van der Waals surface area contributed by atoms with E-state index >= 15 is 0 Å². The Morgan fingerprint density at radius 3 is 2.42 bits per heavy atom. The molecule has 1 aliphatic rings. The SMILES string of the molecule is CC(CCc1ccccc1)NC(=O)C1CSC(c2cccc(F)c2)N1C(=O)c1ccccc1. The second-order valence-electron chi connectivity index (χ2n) is 8.27. The van der Waals surface area contributed by atoms with E-state index in [1.54, 1.807) is 41.3 Å². The number of aryl methyl sites for hydroxylation is 1. The molecule has 170 valence electrons. The molecule has 0 spiro atoms. The summed E-state index contributed by atoms with van der Waals surface area (Å²) in [6, 6.07) is 24.7. The number of halogens is 1. The molecule has 6 heteroatoms. The number of rotatable bonds is 7. The van der Waals surface area contributed by atoms with Crippen molar-refractivity contribution >= 4 is 23.6 Å². The average molecular weight is 463 g/mol. The minimum Gasteiger partial charge on any atom is -0.352 e. The minimum absolute atomic E-state index is 0.0374. The van der Waals surface area contributed by atoms with Crippen LogP contribution in [0.2, 0.25) is 0 Å². The van der Waals surface area contributed by atoms with Crippen molar-refractivity contribution in [2.45, 2.75) is 37.2 Å². The van der Waals surface area contributed by atoms with Crippen molar-refractivity contribution in [2.75, 3.05) is 5.75 Å². The number of amides is 2. The minimum atomic E-state index is -0.629. The zero-order chi connectivity index (χ0) is 23.2. The Kier molecular flexibility index (Phi) is 7.45. The largest absolute Gasteiger partial charge is 0.352 e. The smallest absolute Gasteiger partial charge is 0.255 e. The number of hydrogen-bond acceptors (Lipinski definition) is 3. The van der Waals surface area contributed by atoms with Crippen LogP contribution in [0.3, 0.4) is 0 Å². The third-order valence-electron chi connectivity index (χ3n) is 5.79. The molecule has 1 aliphatic heterocycles. The predicted octanol–water partition coefficient (Wildman–Crippen LogP) is 5.22. The summed E-state index contributed by atoms with van der Waals surface area (Å²) in [7, 11) is 0. The molecule has 0 aromatic heterocycles. The van der Waals surface area contributed by atoms with Crippen molar-refractivity contribution in [1.82, 2.24) is 10.2 Å². The number of nitrogens with one attached hydrogen (secondary N) is 1. The van der Waals surface area contributed by atoms with Gasteiger partial charge in [-0.25, -0.2) is 4.39 Å². The van der Waals surface area contributed by atoms with Crippen molar-refractivity contribution in [1.29, 1.82) is 0 Å². The molecular formula is C27H27FN2O2S. The van der Waals surface area contributed by atoms with Gasteiger partial charge in [0.1, 0.15) is 17.2 Å². The van der Waals surface area contributed by atoms with Crippen LogP contribution in [0, 0.1) is 5.82 Å². The molecule has 3 aromatic rings. The molecule has 3 aromatic carbocycles. The molecule has 2 amide bonds.